The molecule has 1 aliphatic rings. The topological polar surface area (TPSA) is 64.8 Å². The summed E-state index contributed by atoms with van der Waals surface area (Å²) in [5.74, 6) is 0.598. The number of anilines is 1. The van der Waals surface area contributed by atoms with E-state index in [2.05, 4.69) is 27.2 Å². The molecule has 1 N–H and O–H groups in total. The van der Waals surface area contributed by atoms with Crippen molar-refractivity contribution in [2.75, 3.05) is 25.5 Å². The second-order valence-corrected chi connectivity index (χ2v) is 3.76. The molecule has 78 valence electrons. The molecule has 15 heavy (non-hydrogen) atoms. The predicted octanol–water partition coefficient (Wildman–Crippen LogP) is 0.464. The van der Waals surface area contributed by atoms with Gasteiger partial charge in [0.1, 0.15) is 6.07 Å². The Hall–Kier alpha value is -1.67. The number of hydrogen-bond donors (Lipinski definition) is 1. The lowest BCUT2D eigenvalue weighted by Gasteiger charge is -2.13. The molecule has 0 aliphatic carbocycles. The van der Waals surface area contributed by atoms with Crippen molar-refractivity contribution < 1.29 is 0 Å². The first-order valence-electron chi connectivity index (χ1n) is 4.96. The van der Waals surface area contributed by atoms with Crippen LogP contribution in [0.2, 0.25) is 0 Å². The van der Waals surface area contributed by atoms with Gasteiger partial charge in [-0.25, -0.2) is 9.97 Å². The molecule has 1 atom stereocenters. The Morgan fingerprint density at radius 1 is 1.53 bits per heavy atom. The highest BCUT2D eigenvalue weighted by Gasteiger charge is 2.20. The molecular formula is C10H13N5. The van der Waals surface area contributed by atoms with E-state index in [1.807, 2.05) is 6.07 Å². The van der Waals surface area contributed by atoms with Gasteiger partial charge in [0.25, 0.3) is 0 Å². The second kappa shape index (κ2) is 4.24. The van der Waals surface area contributed by atoms with E-state index in [0.717, 1.165) is 19.5 Å². The number of rotatable bonds is 2. The highest BCUT2D eigenvalue weighted by atomic mass is 15.2. The summed E-state index contributed by atoms with van der Waals surface area (Å²) in [5, 5.41) is 12.1. The Labute approximate surface area is 88.8 Å². The third-order valence-corrected chi connectivity index (χ3v) is 2.54. The molecule has 0 radical (unpaired) electrons. The lowest BCUT2D eigenvalue weighted by molar-refractivity contribution is 0.414. The summed E-state index contributed by atoms with van der Waals surface area (Å²) in [7, 11) is 2.09. The molecule has 1 aliphatic heterocycles. The quantitative estimate of drug-likeness (QED) is 0.756. The number of likely N-dealkylation sites (N-methyl/N-ethyl adjacent to an activating group) is 1. The van der Waals surface area contributed by atoms with Crippen LogP contribution in [-0.2, 0) is 0 Å². The molecule has 2 rings (SSSR count). The van der Waals surface area contributed by atoms with Crippen molar-refractivity contribution >= 4 is 5.82 Å². The molecule has 5 nitrogen and oxygen atoms in total. The first-order chi connectivity index (χ1) is 7.29. The van der Waals surface area contributed by atoms with Gasteiger partial charge in [-0.2, -0.15) is 5.26 Å². The van der Waals surface area contributed by atoms with E-state index >= 15 is 0 Å². The summed E-state index contributed by atoms with van der Waals surface area (Å²) in [4.78, 5) is 10.3. The van der Waals surface area contributed by atoms with Crippen molar-refractivity contribution in [2.24, 2.45) is 0 Å². The van der Waals surface area contributed by atoms with Crippen molar-refractivity contribution in [3.63, 3.8) is 0 Å². The van der Waals surface area contributed by atoms with Crippen molar-refractivity contribution in [1.82, 2.24) is 14.9 Å². The molecular weight excluding hydrogens is 190 g/mol. The third-order valence-electron chi connectivity index (χ3n) is 2.54. The fourth-order valence-corrected chi connectivity index (χ4v) is 1.77. The minimum absolute atomic E-state index is 0.368. The van der Waals surface area contributed by atoms with Gasteiger partial charge >= 0.3 is 0 Å². The van der Waals surface area contributed by atoms with Gasteiger partial charge in [-0.3, -0.25) is 0 Å². The van der Waals surface area contributed by atoms with Crippen LogP contribution < -0.4 is 5.32 Å². The average Bonchev–Trinajstić information content (AvgIpc) is 2.65. The van der Waals surface area contributed by atoms with Crippen LogP contribution in [-0.4, -0.2) is 41.0 Å². The van der Waals surface area contributed by atoms with Crippen LogP contribution in [0.4, 0.5) is 5.82 Å². The van der Waals surface area contributed by atoms with Gasteiger partial charge in [0, 0.05) is 25.0 Å². The first kappa shape index (κ1) is 9.87. The van der Waals surface area contributed by atoms with E-state index in [1.165, 1.54) is 6.20 Å². The number of likely N-dealkylation sites (tertiary alicyclic amines) is 1. The van der Waals surface area contributed by atoms with Gasteiger partial charge in [-0.1, -0.05) is 0 Å². The fourth-order valence-electron chi connectivity index (χ4n) is 1.77. The lowest BCUT2D eigenvalue weighted by atomic mass is 10.2. The van der Waals surface area contributed by atoms with E-state index in [4.69, 9.17) is 5.26 Å². The Bertz CT molecular complexity index is 384. The summed E-state index contributed by atoms with van der Waals surface area (Å²) in [6.07, 6.45) is 4.21. The van der Waals surface area contributed by atoms with Crippen molar-refractivity contribution in [3.8, 4) is 6.07 Å². The van der Waals surface area contributed by atoms with Crippen LogP contribution >= 0.6 is 0 Å². The van der Waals surface area contributed by atoms with Gasteiger partial charge in [0.2, 0.25) is 0 Å². The molecule has 1 unspecified atom stereocenters. The molecule has 0 spiro atoms. The molecule has 0 aromatic carbocycles. The molecule has 1 saturated heterocycles. The molecule has 5 heteroatoms. The predicted molar refractivity (Wildman–Crippen MR) is 56.3 cm³/mol. The minimum Gasteiger partial charge on any atom is -0.364 e. The molecule has 2 heterocycles. The van der Waals surface area contributed by atoms with Crippen LogP contribution in [0, 0.1) is 11.3 Å². The van der Waals surface area contributed by atoms with Crippen LogP contribution in [0.15, 0.2) is 12.4 Å². The van der Waals surface area contributed by atoms with E-state index < -0.39 is 0 Å². The number of nitrogens with zero attached hydrogens (tertiary/aromatic N) is 4. The molecule has 0 bridgehead atoms. The molecule has 0 saturated carbocycles. The van der Waals surface area contributed by atoms with E-state index in [1.54, 1.807) is 6.20 Å². The SMILES string of the molecule is CN1CCC(Nc2nccnc2C#N)C1. The molecule has 1 fully saturated rings. The van der Waals surface area contributed by atoms with Crippen LogP contribution in [0.1, 0.15) is 12.1 Å². The van der Waals surface area contributed by atoms with Crippen molar-refractivity contribution in [2.45, 2.75) is 12.5 Å². The number of hydrogen-bond acceptors (Lipinski definition) is 5. The third kappa shape index (κ3) is 2.22. The maximum Gasteiger partial charge on any atom is 0.182 e. The van der Waals surface area contributed by atoms with Gasteiger partial charge in [-0.05, 0) is 20.0 Å². The van der Waals surface area contributed by atoms with Gasteiger partial charge in [-0.15, -0.1) is 0 Å². The summed E-state index contributed by atoms with van der Waals surface area (Å²) in [6.45, 7) is 2.07. The van der Waals surface area contributed by atoms with Crippen LogP contribution in [0.3, 0.4) is 0 Å². The highest BCUT2D eigenvalue weighted by Crippen LogP contribution is 2.14. The maximum absolute atomic E-state index is 8.84. The number of nitriles is 1. The monoisotopic (exact) mass is 203 g/mol. The van der Waals surface area contributed by atoms with Crippen LogP contribution in [0.25, 0.3) is 0 Å². The minimum atomic E-state index is 0.368. The molecule has 1 aromatic rings. The van der Waals surface area contributed by atoms with Gasteiger partial charge in [0.15, 0.2) is 11.5 Å². The summed E-state index contributed by atoms with van der Waals surface area (Å²) in [5.41, 5.74) is 0.368. The highest BCUT2D eigenvalue weighted by molar-refractivity contribution is 5.47. The Kier molecular flexibility index (Phi) is 2.79. The standard InChI is InChI=1S/C10H13N5/c1-15-5-2-8(7-15)14-10-9(6-11)12-3-4-13-10/h3-4,8H,2,5,7H2,1H3,(H,13,14). The van der Waals surface area contributed by atoms with E-state index in [9.17, 15) is 0 Å². The zero-order valence-electron chi connectivity index (χ0n) is 8.64. The zero-order valence-corrected chi connectivity index (χ0v) is 8.64. The average molecular weight is 203 g/mol. The summed E-state index contributed by atoms with van der Waals surface area (Å²) >= 11 is 0. The normalized spacial score (nSPS) is 21.2. The largest absolute Gasteiger partial charge is 0.364 e. The zero-order chi connectivity index (χ0) is 10.7. The van der Waals surface area contributed by atoms with Crippen molar-refractivity contribution in [1.29, 1.82) is 5.26 Å². The number of aromatic nitrogens is 2. The molecule has 1 aromatic heterocycles. The smallest absolute Gasteiger partial charge is 0.182 e. The Morgan fingerprint density at radius 2 is 2.33 bits per heavy atom. The maximum atomic E-state index is 8.84. The van der Waals surface area contributed by atoms with Gasteiger partial charge < -0.3 is 10.2 Å². The number of nitrogens with one attached hydrogen (secondary N) is 1. The fraction of sp³-hybridized carbons (Fsp3) is 0.500. The first-order valence-corrected chi connectivity index (χ1v) is 4.96. The van der Waals surface area contributed by atoms with Crippen LogP contribution in [0.5, 0.6) is 0 Å². The second-order valence-electron chi connectivity index (χ2n) is 3.76. The lowest BCUT2D eigenvalue weighted by Crippen LogP contribution is -2.24. The Morgan fingerprint density at radius 3 is 3.00 bits per heavy atom. The van der Waals surface area contributed by atoms with Crippen molar-refractivity contribution in [3.05, 3.63) is 18.1 Å². The summed E-state index contributed by atoms with van der Waals surface area (Å²) in [6, 6.07) is 2.40. The van der Waals surface area contributed by atoms with E-state index in [0.29, 0.717) is 17.6 Å². The summed E-state index contributed by atoms with van der Waals surface area (Å²) < 4.78 is 0. The Balaban J connectivity index is 2.08. The molecule has 0 amide bonds. The van der Waals surface area contributed by atoms with E-state index in [-0.39, 0.29) is 0 Å². The van der Waals surface area contributed by atoms with Gasteiger partial charge in [0.05, 0.1) is 0 Å².